The number of carbonyl (C=O) groups excluding carboxylic acids is 3. The third-order valence-electron chi connectivity index (χ3n) is 5.95. The first kappa shape index (κ1) is 24.0. The molecule has 0 bridgehead atoms. The van der Waals surface area contributed by atoms with E-state index in [0.717, 1.165) is 22.4 Å². The monoisotopic (exact) mass is 472 g/mol. The molecule has 1 fully saturated rings. The lowest BCUT2D eigenvalue weighted by atomic mass is 10.1. The number of hydrogen-bond acceptors (Lipinski definition) is 5. The molecular formula is C28H28N2O5. The third-order valence-corrected chi connectivity index (χ3v) is 5.95. The van der Waals surface area contributed by atoms with Crippen LogP contribution < -0.4 is 15.0 Å². The maximum Gasteiger partial charge on any atom is 0.311 e. The highest BCUT2D eigenvalue weighted by atomic mass is 16.5. The van der Waals surface area contributed by atoms with Gasteiger partial charge >= 0.3 is 5.97 Å². The van der Waals surface area contributed by atoms with Crippen LogP contribution >= 0.6 is 0 Å². The fourth-order valence-electron chi connectivity index (χ4n) is 3.99. The zero-order valence-electron chi connectivity index (χ0n) is 20.0. The molecule has 0 saturated carbocycles. The number of anilines is 2. The zero-order chi connectivity index (χ0) is 24.9. The summed E-state index contributed by atoms with van der Waals surface area (Å²) >= 11 is 0. The van der Waals surface area contributed by atoms with E-state index in [1.165, 1.54) is 0 Å². The first-order valence-electron chi connectivity index (χ1n) is 11.5. The van der Waals surface area contributed by atoms with Gasteiger partial charge < -0.3 is 19.7 Å². The van der Waals surface area contributed by atoms with E-state index >= 15 is 0 Å². The number of rotatable bonds is 7. The fraction of sp³-hybridized carbons (Fsp3) is 0.250. The second kappa shape index (κ2) is 10.4. The van der Waals surface area contributed by atoms with Gasteiger partial charge in [0, 0.05) is 24.3 Å². The molecule has 1 aliphatic heterocycles. The van der Waals surface area contributed by atoms with Gasteiger partial charge in [0.15, 0.2) is 6.61 Å². The van der Waals surface area contributed by atoms with Crippen molar-refractivity contribution in [3.05, 3.63) is 83.4 Å². The molecule has 2 amide bonds. The molecule has 4 rings (SSSR count). The van der Waals surface area contributed by atoms with E-state index < -0.39 is 24.4 Å². The summed E-state index contributed by atoms with van der Waals surface area (Å²) in [7, 11) is 0. The normalized spacial score (nSPS) is 15.1. The summed E-state index contributed by atoms with van der Waals surface area (Å²) in [6.45, 7) is 5.61. The average molecular weight is 473 g/mol. The molecule has 3 aromatic carbocycles. The van der Waals surface area contributed by atoms with E-state index in [-0.39, 0.29) is 18.9 Å². The van der Waals surface area contributed by atoms with Gasteiger partial charge in [0.05, 0.1) is 5.92 Å². The second-order valence-electron chi connectivity index (χ2n) is 8.74. The van der Waals surface area contributed by atoms with Crippen LogP contribution in [-0.4, -0.2) is 30.9 Å². The highest BCUT2D eigenvalue weighted by molar-refractivity contribution is 6.00. The molecular weight excluding hydrogens is 444 g/mol. The number of nitrogens with one attached hydrogen (secondary N) is 1. The van der Waals surface area contributed by atoms with Crippen molar-refractivity contribution in [2.45, 2.75) is 27.2 Å². The predicted octanol–water partition coefficient (Wildman–Crippen LogP) is 4.94. The van der Waals surface area contributed by atoms with Crippen molar-refractivity contribution in [2.75, 3.05) is 23.4 Å². The number of amides is 2. The summed E-state index contributed by atoms with van der Waals surface area (Å²) in [5.41, 5.74) is 4.39. The maximum absolute atomic E-state index is 12.6. The number of aryl methyl sites for hydroxylation is 3. The Balaban J connectivity index is 1.30. The SMILES string of the molecule is Cc1ccc(Oc2ccc(N3C[C@H](C(=O)OCC(=O)Nc4c(C)cccc4C)CC3=O)cc2)cc1. The summed E-state index contributed by atoms with van der Waals surface area (Å²) in [6, 6.07) is 20.6. The van der Waals surface area contributed by atoms with Crippen molar-refractivity contribution in [1.29, 1.82) is 0 Å². The molecule has 1 heterocycles. The van der Waals surface area contributed by atoms with Crippen LogP contribution in [0.2, 0.25) is 0 Å². The van der Waals surface area contributed by atoms with Crippen LogP contribution in [0.25, 0.3) is 0 Å². The van der Waals surface area contributed by atoms with Crippen molar-refractivity contribution in [1.82, 2.24) is 0 Å². The summed E-state index contributed by atoms with van der Waals surface area (Å²) in [6.07, 6.45) is 0.0406. The summed E-state index contributed by atoms with van der Waals surface area (Å²) < 4.78 is 11.0. The molecule has 35 heavy (non-hydrogen) atoms. The van der Waals surface area contributed by atoms with Gasteiger partial charge in [-0.15, -0.1) is 0 Å². The Kier molecular flexibility index (Phi) is 7.15. The fourth-order valence-corrected chi connectivity index (χ4v) is 3.99. The van der Waals surface area contributed by atoms with E-state index in [1.807, 2.05) is 63.2 Å². The summed E-state index contributed by atoms with van der Waals surface area (Å²) in [5.74, 6) is -0.392. The number of benzene rings is 3. The topological polar surface area (TPSA) is 84.9 Å². The number of esters is 1. The van der Waals surface area contributed by atoms with Crippen LogP contribution in [0.5, 0.6) is 11.5 Å². The quantitative estimate of drug-likeness (QED) is 0.493. The Morgan fingerprint density at radius 2 is 1.51 bits per heavy atom. The van der Waals surface area contributed by atoms with Gasteiger partial charge in [-0.05, 0) is 68.3 Å². The third kappa shape index (κ3) is 5.87. The Morgan fingerprint density at radius 3 is 2.14 bits per heavy atom. The van der Waals surface area contributed by atoms with Crippen molar-refractivity contribution in [2.24, 2.45) is 5.92 Å². The minimum atomic E-state index is -0.626. The predicted molar refractivity (Wildman–Crippen MR) is 134 cm³/mol. The average Bonchev–Trinajstić information content (AvgIpc) is 3.23. The molecule has 1 aliphatic rings. The van der Waals surface area contributed by atoms with Crippen LogP contribution in [0, 0.1) is 26.7 Å². The molecule has 7 heteroatoms. The number of ether oxygens (including phenoxy) is 2. The van der Waals surface area contributed by atoms with Crippen molar-refractivity contribution >= 4 is 29.2 Å². The van der Waals surface area contributed by atoms with E-state index in [0.29, 0.717) is 17.1 Å². The van der Waals surface area contributed by atoms with Crippen molar-refractivity contribution in [3.8, 4) is 11.5 Å². The molecule has 0 aliphatic carbocycles. The minimum Gasteiger partial charge on any atom is -0.457 e. The zero-order valence-corrected chi connectivity index (χ0v) is 20.0. The number of carbonyl (C=O) groups is 3. The Labute approximate surface area is 204 Å². The lowest BCUT2D eigenvalue weighted by molar-refractivity contribution is -0.151. The van der Waals surface area contributed by atoms with Gasteiger partial charge in [-0.3, -0.25) is 14.4 Å². The highest BCUT2D eigenvalue weighted by Gasteiger charge is 2.36. The van der Waals surface area contributed by atoms with E-state index in [4.69, 9.17) is 9.47 Å². The van der Waals surface area contributed by atoms with Crippen molar-refractivity contribution < 1.29 is 23.9 Å². The van der Waals surface area contributed by atoms with Gasteiger partial charge in [0.1, 0.15) is 11.5 Å². The molecule has 1 atom stereocenters. The van der Waals surface area contributed by atoms with Gasteiger partial charge in [-0.1, -0.05) is 35.9 Å². The van der Waals surface area contributed by atoms with E-state index in [1.54, 1.807) is 29.2 Å². The van der Waals surface area contributed by atoms with Gasteiger partial charge in [0.2, 0.25) is 5.91 Å². The van der Waals surface area contributed by atoms with E-state index in [9.17, 15) is 14.4 Å². The second-order valence-corrected chi connectivity index (χ2v) is 8.74. The van der Waals surface area contributed by atoms with Crippen LogP contribution in [0.15, 0.2) is 66.7 Å². The largest absolute Gasteiger partial charge is 0.457 e. The molecule has 1 N–H and O–H groups in total. The summed E-state index contributed by atoms with van der Waals surface area (Å²) in [5, 5.41) is 2.79. The number of para-hydroxylation sites is 1. The first-order chi connectivity index (χ1) is 16.8. The van der Waals surface area contributed by atoms with Crippen LogP contribution in [0.3, 0.4) is 0 Å². The lowest BCUT2D eigenvalue weighted by Gasteiger charge is -2.17. The van der Waals surface area contributed by atoms with Crippen LogP contribution in [0.1, 0.15) is 23.1 Å². The minimum absolute atomic E-state index is 0.0406. The molecule has 0 spiro atoms. The molecule has 1 saturated heterocycles. The molecule has 7 nitrogen and oxygen atoms in total. The van der Waals surface area contributed by atoms with Crippen LogP contribution in [-0.2, 0) is 19.1 Å². The molecule has 0 aromatic heterocycles. The standard InChI is InChI=1S/C28H28N2O5/c1-18-7-11-23(12-8-18)35-24-13-9-22(10-14-24)30-16-21(15-26(30)32)28(33)34-17-25(31)29-27-19(2)5-4-6-20(27)3/h4-14,21H,15-17H2,1-3H3,(H,29,31)/t21-/m1/s1. The summed E-state index contributed by atoms with van der Waals surface area (Å²) in [4.78, 5) is 38.9. The van der Waals surface area contributed by atoms with Gasteiger partial charge in [0.25, 0.3) is 5.91 Å². The smallest absolute Gasteiger partial charge is 0.311 e. The Hall–Kier alpha value is -4.13. The number of hydrogen-bond donors (Lipinski definition) is 1. The van der Waals surface area contributed by atoms with E-state index in [2.05, 4.69) is 5.32 Å². The molecule has 180 valence electrons. The molecule has 0 radical (unpaired) electrons. The maximum atomic E-state index is 12.6. The molecule has 3 aromatic rings. The Bertz CT molecular complexity index is 1210. The Morgan fingerprint density at radius 1 is 0.914 bits per heavy atom. The van der Waals surface area contributed by atoms with Crippen LogP contribution in [0.4, 0.5) is 11.4 Å². The van der Waals surface area contributed by atoms with Crippen molar-refractivity contribution in [3.63, 3.8) is 0 Å². The molecule has 0 unspecified atom stereocenters. The lowest BCUT2D eigenvalue weighted by Crippen LogP contribution is -2.28. The van der Waals surface area contributed by atoms with Gasteiger partial charge in [-0.25, -0.2) is 0 Å². The van der Waals surface area contributed by atoms with Gasteiger partial charge in [-0.2, -0.15) is 0 Å². The first-order valence-corrected chi connectivity index (χ1v) is 11.5. The number of nitrogens with zero attached hydrogens (tertiary/aromatic N) is 1. The highest BCUT2D eigenvalue weighted by Crippen LogP contribution is 2.29.